The van der Waals surface area contributed by atoms with Gasteiger partial charge in [-0.05, 0) is 113 Å². The molecule has 2 aliphatic heterocycles. The molecular weight excluding hydrogens is 784 g/mol. The summed E-state index contributed by atoms with van der Waals surface area (Å²) in [5.41, 5.74) is 16.4. The zero-order valence-electron chi connectivity index (χ0n) is 32.9. The Bertz CT molecular complexity index is 2570. The van der Waals surface area contributed by atoms with Crippen LogP contribution in [0.2, 0.25) is 5.02 Å². The monoisotopic (exact) mass is 832 g/mol. The van der Waals surface area contributed by atoms with Gasteiger partial charge in [0.2, 0.25) is 0 Å². The maximum atomic E-state index is 12.1. The van der Waals surface area contributed by atoms with E-state index in [2.05, 4.69) is 57.5 Å². The number of aryl methyl sites for hydroxylation is 4. The van der Waals surface area contributed by atoms with Gasteiger partial charge in [0, 0.05) is 34.2 Å². The molecule has 0 radical (unpaired) electrons. The van der Waals surface area contributed by atoms with Gasteiger partial charge in [-0.3, -0.25) is 0 Å². The Balaban J connectivity index is 0.000000188. The van der Waals surface area contributed by atoms with Crippen LogP contribution in [0.15, 0.2) is 69.7 Å². The number of hydrogen-bond donors (Lipinski definition) is 2. The van der Waals surface area contributed by atoms with Crippen LogP contribution in [0, 0.1) is 27.7 Å². The highest BCUT2D eigenvalue weighted by molar-refractivity contribution is 7.91. The van der Waals surface area contributed by atoms with E-state index in [0.717, 1.165) is 79.2 Å². The maximum absolute atomic E-state index is 12.1. The number of hydrogen-bond acceptors (Lipinski definition) is 11. The van der Waals surface area contributed by atoms with E-state index in [1.165, 1.54) is 5.56 Å². The molecule has 302 valence electrons. The van der Waals surface area contributed by atoms with Crippen LogP contribution in [0.1, 0.15) is 78.9 Å². The number of fused-ring (bicyclic) bond motifs is 1. The Morgan fingerprint density at radius 1 is 0.789 bits per heavy atom. The van der Waals surface area contributed by atoms with Crippen molar-refractivity contribution in [1.82, 2.24) is 19.9 Å². The van der Waals surface area contributed by atoms with Crippen molar-refractivity contribution in [3.63, 3.8) is 0 Å². The lowest BCUT2D eigenvalue weighted by atomic mass is 9.99. The van der Waals surface area contributed by atoms with Crippen LogP contribution in [-0.4, -0.2) is 65.8 Å². The highest BCUT2D eigenvalue weighted by atomic mass is 35.5. The van der Waals surface area contributed by atoms with Crippen molar-refractivity contribution >= 4 is 53.7 Å². The van der Waals surface area contributed by atoms with Crippen LogP contribution in [0.25, 0.3) is 33.3 Å². The molecule has 0 bridgehead atoms. The van der Waals surface area contributed by atoms with Gasteiger partial charge < -0.3 is 24.7 Å². The average Bonchev–Trinajstić information content (AvgIpc) is 3.83. The van der Waals surface area contributed by atoms with Gasteiger partial charge in [0.25, 0.3) is 0 Å². The van der Waals surface area contributed by atoms with Crippen molar-refractivity contribution in [2.45, 2.75) is 84.7 Å². The third kappa shape index (κ3) is 9.08. The molecule has 12 nitrogen and oxygen atoms in total. The Labute approximate surface area is 339 Å². The number of nitrogen functional groups attached to an aromatic ring is 1. The van der Waals surface area contributed by atoms with E-state index in [9.17, 15) is 16.8 Å². The molecule has 0 amide bonds. The second-order valence-corrected chi connectivity index (χ2v) is 20.5. The summed E-state index contributed by atoms with van der Waals surface area (Å²) in [6, 6.07) is 20.3. The van der Waals surface area contributed by atoms with E-state index < -0.39 is 19.7 Å². The lowest BCUT2D eigenvalue weighted by Crippen LogP contribution is -2.32. The van der Waals surface area contributed by atoms with Crippen molar-refractivity contribution in [2.75, 3.05) is 34.1 Å². The van der Waals surface area contributed by atoms with Crippen LogP contribution >= 0.6 is 11.6 Å². The van der Waals surface area contributed by atoms with Crippen molar-refractivity contribution in [3.05, 3.63) is 100.0 Å². The molecule has 8 rings (SSSR count). The number of benzene rings is 3. The van der Waals surface area contributed by atoms with Gasteiger partial charge in [-0.25, -0.2) is 21.8 Å². The van der Waals surface area contributed by atoms with Gasteiger partial charge in [-0.15, -0.1) is 0 Å². The number of anilines is 2. The molecule has 3 aromatic heterocycles. The summed E-state index contributed by atoms with van der Waals surface area (Å²) in [6.07, 6.45) is 3.28. The first-order valence-electron chi connectivity index (χ1n) is 19.3. The SMILES string of the molecule is Cc1noc(C)c1-c1ccc(NC2CCS(=O)(=O)CC2)c(N)c1.Cc1noc(C)c1-c1ccc2c(c1)nc([C@@H](C)Cc1ccc(Cl)cc1)n2C1CCS(=O)(=O)CC1. The highest BCUT2D eigenvalue weighted by Crippen LogP contribution is 2.37. The molecule has 3 N–H and O–H groups in total. The Morgan fingerprint density at radius 3 is 1.88 bits per heavy atom. The normalized spacial score (nSPS) is 17.6. The molecule has 0 unspecified atom stereocenters. The van der Waals surface area contributed by atoms with Crippen LogP contribution in [0.3, 0.4) is 0 Å². The zero-order chi connectivity index (χ0) is 40.6. The summed E-state index contributed by atoms with van der Waals surface area (Å²) < 4.78 is 60.1. The second kappa shape index (κ2) is 16.3. The minimum absolute atomic E-state index is 0.112. The lowest BCUT2D eigenvalue weighted by Gasteiger charge is -2.27. The number of halogens is 1. The fraction of sp³-hybridized carbons (Fsp3) is 0.405. The Hall–Kier alpha value is -4.66. The molecule has 2 fully saturated rings. The summed E-state index contributed by atoms with van der Waals surface area (Å²) in [4.78, 5) is 5.10. The molecule has 0 aliphatic carbocycles. The molecule has 5 heterocycles. The van der Waals surface area contributed by atoms with E-state index in [1.54, 1.807) is 0 Å². The first-order valence-corrected chi connectivity index (χ1v) is 23.3. The largest absolute Gasteiger partial charge is 0.397 e. The second-order valence-electron chi connectivity index (χ2n) is 15.4. The van der Waals surface area contributed by atoms with E-state index in [0.29, 0.717) is 31.4 Å². The first-order chi connectivity index (χ1) is 27.1. The van der Waals surface area contributed by atoms with E-state index >= 15 is 0 Å². The van der Waals surface area contributed by atoms with Gasteiger partial charge in [0.15, 0.2) is 0 Å². The molecule has 1 atom stereocenters. The summed E-state index contributed by atoms with van der Waals surface area (Å²) in [5.74, 6) is 3.60. The molecule has 2 saturated heterocycles. The quantitative estimate of drug-likeness (QED) is 0.141. The maximum Gasteiger partial charge on any atom is 0.150 e. The molecular formula is C42H49ClN6O6S2. The van der Waals surface area contributed by atoms with E-state index in [4.69, 9.17) is 31.4 Å². The number of nitrogens with zero attached hydrogens (tertiary/aromatic N) is 4. The molecule has 3 aromatic carbocycles. The van der Waals surface area contributed by atoms with Gasteiger partial charge in [-0.2, -0.15) is 0 Å². The van der Waals surface area contributed by atoms with Crippen molar-refractivity contribution in [3.8, 4) is 22.3 Å². The standard InChI is InChI=1S/C26H28ClN3O3S.C16H21N3O3S/c1-16(14-19-4-7-21(27)8-5-19)26-28-23-15-20(25-17(2)29-33-18(25)3)6-9-24(23)30(26)22-10-12-34(31,32)13-11-22;1-10-16(11(2)22-19-10)12-3-4-15(14(17)9-12)18-13-5-7-23(20,21)8-6-13/h4-9,15-16,22H,10-14H2,1-3H3;3-4,9,13,18H,5-8,17H2,1-2H3/t16-;/m0./s1. The molecule has 0 saturated carbocycles. The minimum atomic E-state index is -2.96. The van der Waals surface area contributed by atoms with Crippen molar-refractivity contribution in [2.24, 2.45) is 0 Å². The highest BCUT2D eigenvalue weighted by Gasteiger charge is 2.30. The summed E-state index contributed by atoms with van der Waals surface area (Å²) in [6.45, 7) is 9.81. The van der Waals surface area contributed by atoms with Gasteiger partial charge >= 0.3 is 0 Å². The molecule has 6 aromatic rings. The lowest BCUT2D eigenvalue weighted by molar-refractivity contribution is 0.393. The predicted molar refractivity (Wildman–Crippen MR) is 226 cm³/mol. The third-order valence-electron chi connectivity index (χ3n) is 11.1. The summed E-state index contributed by atoms with van der Waals surface area (Å²) in [5, 5.41) is 12.1. The van der Waals surface area contributed by atoms with E-state index in [-0.39, 0.29) is 41.0 Å². The number of nitrogens with one attached hydrogen (secondary N) is 1. The van der Waals surface area contributed by atoms with Crippen LogP contribution in [-0.2, 0) is 26.1 Å². The third-order valence-corrected chi connectivity index (χ3v) is 14.8. The fourth-order valence-corrected chi connectivity index (χ4v) is 11.2. The molecule has 57 heavy (non-hydrogen) atoms. The summed E-state index contributed by atoms with van der Waals surface area (Å²) in [7, 11) is -5.81. The van der Waals surface area contributed by atoms with Crippen molar-refractivity contribution in [1.29, 1.82) is 0 Å². The number of aromatic nitrogens is 4. The number of imidazole rings is 1. The van der Waals surface area contributed by atoms with Crippen LogP contribution in [0.5, 0.6) is 0 Å². The van der Waals surface area contributed by atoms with Crippen LogP contribution < -0.4 is 11.1 Å². The van der Waals surface area contributed by atoms with Gasteiger partial charge in [-0.1, -0.05) is 53.1 Å². The molecule has 0 spiro atoms. The number of nitrogens with two attached hydrogens (primary N) is 1. The molecule has 15 heteroatoms. The molecule has 2 aliphatic rings. The topological polar surface area (TPSA) is 176 Å². The van der Waals surface area contributed by atoms with Gasteiger partial charge in [0.1, 0.15) is 37.0 Å². The van der Waals surface area contributed by atoms with Crippen molar-refractivity contribution < 1.29 is 25.9 Å². The smallest absolute Gasteiger partial charge is 0.150 e. The zero-order valence-corrected chi connectivity index (χ0v) is 35.3. The fourth-order valence-electron chi connectivity index (χ4n) is 8.10. The number of sulfone groups is 2. The predicted octanol–water partition coefficient (Wildman–Crippen LogP) is 8.59. The first kappa shape index (κ1) is 40.5. The Kier molecular flexibility index (Phi) is 11.6. The van der Waals surface area contributed by atoms with Crippen LogP contribution in [0.4, 0.5) is 11.4 Å². The number of rotatable bonds is 8. The summed E-state index contributed by atoms with van der Waals surface area (Å²) >= 11 is 6.07. The average molecular weight is 833 g/mol. The Morgan fingerprint density at radius 2 is 1.33 bits per heavy atom. The van der Waals surface area contributed by atoms with E-state index in [1.807, 2.05) is 58.0 Å². The minimum Gasteiger partial charge on any atom is -0.397 e. The van der Waals surface area contributed by atoms with Gasteiger partial charge in [0.05, 0.1) is 56.8 Å².